The number of rotatable bonds is 2. The fourth-order valence-corrected chi connectivity index (χ4v) is 1.74. The Morgan fingerprint density at radius 1 is 1.35 bits per heavy atom. The maximum atomic E-state index is 13.2. The number of alkyl halides is 3. The predicted octanol–water partition coefficient (Wildman–Crippen LogP) is 1.09. The molecular weight excluding hydrogens is 347 g/mol. The van der Waals surface area contributed by atoms with E-state index in [9.17, 15) is 22.8 Å². The highest BCUT2D eigenvalue weighted by Gasteiger charge is 2.67. The summed E-state index contributed by atoms with van der Waals surface area (Å²) in [6.45, 7) is 0. The van der Waals surface area contributed by atoms with Gasteiger partial charge < -0.3 is 5.32 Å². The number of likely N-dealkylation sites (N-methyl/N-ethyl adjacent to an activating group) is 1. The minimum absolute atomic E-state index is 0.333. The summed E-state index contributed by atoms with van der Waals surface area (Å²) in [6.07, 6.45) is -2.67. The SMILES string of the molecule is CN1C(=O)N[C@@](Nc2ncc(Br)cn2)(C(F)(F)F)C1=O. The number of carbonyl (C=O) groups excluding carboxylic acids is 2. The average molecular weight is 354 g/mol. The molecule has 20 heavy (non-hydrogen) atoms. The molecule has 1 aromatic rings. The number of hydrogen-bond donors (Lipinski definition) is 2. The van der Waals surface area contributed by atoms with Crippen LogP contribution in [0.2, 0.25) is 0 Å². The van der Waals surface area contributed by atoms with Crippen molar-refractivity contribution in [3.63, 3.8) is 0 Å². The van der Waals surface area contributed by atoms with E-state index in [4.69, 9.17) is 0 Å². The lowest BCUT2D eigenvalue weighted by Gasteiger charge is -2.29. The summed E-state index contributed by atoms with van der Waals surface area (Å²) in [6, 6.07) is -1.17. The van der Waals surface area contributed by atoms with Gasteiger partial charge in [-0.3, -0.25) is 15.0 Å². The van der Waals surface area contributed by atoms with Crippen molar-refractivity contribution in [2.45, 2.75) is 11.8 Å². The highest BCUT2D eigenvalue weighted by atomic mass is 79.9. The van der Waals surface area contributed by atoms with E-state index in [-0.39, 0.29) is 0 Å². The Morgan fingerprint density at radius 2 is 1.90 bits per heavy atom. The number of amides is 3. The van der Waals surface area contributed by atoms with Crippen LogP contribution >= 0.6 is 15.9 Å². The first kappa shape index (κ1) is 14.5. The van der Waals surface area contributed by atoms with Crippen molar-refractivity contribution in [1.82, 2.24) is 20.2 Å². The number of hydrogen-bond acceptors (Lipinski definition) is 5. The number of aromatic nitrogens is 2. The van der Waals surface area contributed by atoms with Crippen LogP contribution in [0.1, 0.15) is 0 Å². The number of halogens is 4. The molecule has 0 saturated carbocycles. The normalized spacial score (nSPS) is 22.9. The monoisotopic (exact) mass is 353 g/mol. The smallest absolute Gasteiger partial charge is 0.316 e. The zero-order chi connectivity index (χ0) is 15.1. The highest BCUT2D eigenvalue weighted by Crippen LogP contribution is 2.35. The topological polar surface area (TPSA) is 87.2 Å². The van der Waals surface area contributed by atoms with Crippen molar-refractivity contribution in [2.75, 3.05) is 12.4 Å². The number of urea groups is 1. The van der Waals surface area contributed by atoms with E-state index in [2.05, 4.69) is 25.9 Å². The highest BCUT2D eigenvalue weighted by molar-refractivity contribution is 9.10. The summed E-state index contributed by atoms with van der Waals surface area (Å²) in [5, 5.41) is 3.42. The van der Waals surface area contributed by atoms with Gasteiger partial charge in [-0.2, -0.15) is 13.2 Å². The molecule has 0 unspecified atom stereocenters. The molecule has 1 aromatic heterocycles. The predicted molar refractivity (Wildman–Crippen MR) is 63.4 cm³/mol. The van der Waals surface area contributed by atoms with Gasteiger partial charge in [0, 0.05) is 19.4 Å². The van der Waals surface area contributed by atoms with Crippen LogP contribution < -0.4 is 10.6 Å². The summed E-state index contributed by atoms with van der Waals surface area (Å²) in [4.78, 5) is 30.6. The van der Waals surface area contributed by atoms with E-state index in [1.165, 1.54) is 12.4 Å². The van der Waals surface area contributed by atoms with Crippen LogP contribution in [0.3, 0.4) is 0 Å². The second-order valence-corrected chi connectivity index (χ2v) is 4.81. The maximum absolute atomic E-state index is 13.2. The minimum Gasteiger partial charge on any atom is -0.316 e. The zero-order valence-corrected chi connectivity index (χ0v) is 11.4. The van der Waals surface area contributed by atoms with Crippen molar-refractivity contribution >= 4 is 33.8 Å². The van der Waals surface area contributed by atoms with E-state index in [1.54, 1.807) is 5.32 Å². The number of imide groups is 1. The Labute approximate surface area is 118 Å². The Morgan fingerprint density at radius 3 is 2.30 bits per heavy atom. The molecule has 7 nitrogen and oxygen atoms in total. The van der Waals surface area contributed by atoms with Crippen molar-refractivity contribution < 1.29 is 22.8 Å². The van der Waals surface area contributed by atoms with E-state index in [0.29, 0.717) is 9.37 Å². The lowest BCUT2D eigenvalue weighted by atomic mass is 10.1. The second-order valence-electron chi connectivity index (χ2n) is 3.89. The van der Waals surface area contributed by atoms with Crippen LogP contribution in [0.5, 0.6) is 0 Å². The average Bonchev–Trinajstić information content (AvgIpc) is 2.57. The molecular formula is C9H7BrF3N5O2. The van der Waals surface area contributed by atoms with Gasteiger partial charge in [-0.25, -0.2) is 14.8 Å². The third-order valence-corrected chi connectivity index (χ3v) is 2.98. The van der Waals surface area contributed by atoms with Crippen LogP contribution in [-0.2, 0) is 4.79 Å². The Balaban J connectivity index is 2.42. The molecule has 2 rings (SSSR count). The van der Waals surface area contributed by atoms with Gasteiger partial charge in [-0.05, 0) is 15.9 Å². The standard InChI is InChI=1S/C9H7BrF3N5O2/c1-18-5(19)8(9(11,12)13,17-7(18)20)16-6-14-2-4(10)3-15-6/h2-3H,1H3,(H,17,20)(H,14,15,16)/t8-/m1/s1. The quantitative estimate of drug-likeness (QED) is 0.777. The lowest BCUT2D eigenvalue weighted by molar-refractivity contribution is -0.188. The molecule has 108 valence electrons. The molecule has 2 heterocycles. The van der Waals surface area contributed by atoms with Gasteiger partial charge in [-0.15, -0.1) is 0 Å². The molecule has 11 heteroatoms. The number of nitrogens with zero attached hydrogens (tertiary/aromatic N) is 3. The zero-order valence-electron chi connectivity index (χ0n) is 9.82. The van der Waals surface area contributed by atoms with E-state index >= 15 is 0 Å². The molecule has 3 amide bonds. The van der Waals surface area contributed by atoms with Gasteiger partial charge in [0.1, 0.15) is 0 Å². The third kappa shape index (κ3) is 2.17. The second kappa shape index (κ2) is 4.58. The molecule has 0 radical (unpaired) electrons. The molecule has 1 fully saturated rings. The molecule has 0 aromatic carbocycles. The van der Waals surface area contributed by atoms with Gasteiger partial charge in [0.05, 0.1) is 4.47 Å². The molecule has 0 aliphatic carbocycles. The number of nitrogens with one attached hydrogen (secondary N) is 2. The van der Waals surface area contributed by atoms with Gasteiger partial charge in [-0.1, -0.05) is 0 Å². The summed E-state index contributed by atoms with van der Waals surface area (Å²) >= 11 is 3.02. The van der Waals surface area contributed by atoms with Crippen LogP contribution in [0, 0.1) is 0 Å². The summed E-state index contributed by atoms with van der Waals surface area (Å²) < 4.78 is 40.0. The fourth-order valence-electron chi connectivity index (χ4n) is 1.53. The van der Waals surface area contributed by atoms with Crippen molar-refractivity contribution in [3.05, 3.63) is 16.9 Å². The lowest BCUT2D eigenvalue weighted by Crippen LogP contribution is -2.64. The van der Waals surface area contributed by atoms with Crippen molar-refractivity contribution in [1.29, 1.82) is 0 Å². The van der Waals surface area contributed by atoms with Crippen LogP contribution in [0.25, 0.3) is 0 Å². The number of carbonyl (C=O) groups is 2. The Bertz CT molecular complexity index is 564. The van der Waals surface area contributed by atoms with Crippen LogP contribution in [0.15, 0.2) is 16.9 Å². The van der Waals surface area contributed by atoms with E-state index < -0.39 is 29.7 Å². The molecule has 0 bridgehead atoms. The molecule has 0 spiro atoms. The summed E-state index contributed by atoms with van der Waals surface area (Å²) in [5.74, 6) is -1.93. The van der Waals surface area contributed by atoms with Crippen LogP contribution in [0.4, 0.5) is 23.9 Å². The fraction of sp³-hybridized carbons (Fsp3) is 0.333. The Hall–Kier alpha value is -1.91. The van der Waals surface area contributed by atoms with Gasteiger partial charge in [0.25, 0.3) is 11.6 Å². The first-order valence-corrected chi connectivity index (χ1v) is 5.89. The van der Waals surface area contributed by atoms with Gasteiger partial charge in [0.2, 0.25) is 5.95 Å². The van der Waals surface area contributed by atoms with Gasteiger partial charge in [0.15, 0.2) is 0 Å². The number of anilines is 1. The maximum Gasteiger partial charge on any atom is 0.440 e. The largest absolute Gasteiger partial charge is 0.440 e. The molecule has 1 aliphatic heterocycles. The molecule has 1 atom stereocenters. The summed E-state index contributed by atoms with van der Waals surface area (Å²) in [7, 11) is 0.940. The first-order chi connectivity index (χ1) is 9.17. The van der Waals surface area contributed by atoms with Crippen LogP contribution in [-0.4, -0.2) is 45.7 Å². The summed E-state index contributed by atoms with van der Waals surface area (Å²) in [5.41, 5.74) is -3.27. The first-order valence-electron chi connectivity index (χ1n) is 5.10. The van der Waals surface area contributed by atoms with Crippen molar-refractivity contribution in [3.8, 4) is 0 Å². The Kier molecular flexibility index (Phi) is 3.32. The van der Waals surface area contributed by atoms with E-state index in [0.717, 1.165) is 7.05 Å². The third-order valence-electron chi connectivity index (χ3n) is 2.57. The minimum atomic E-state index is -5.07. The van der Waals surface area contributed by atoms with Crippen molar-refractivity contribution in [2.24, 2.45) is 0 Å². The molecule has 1 aliphatic rings. The van der Waals surface area contributed by atoms with Gasteiger partial charge >= 0.3 is 12.2 Å². The molecule has 1 saturated heterocycles. The molecule has 2 N–H and O–H groups in total. The van der Waals surface area contributed by atoms with E-state index in [1.807, 2.05) is 5.32 Å².